The van der Waals surface area contributed by atoms with Crippen LogP contribution in [0.5, 0.6) is 0 Å². The third kappa shape index (κ3) is 2.85. The van der Waals surface area contributed by atoms with Crippen molar-refractivity contribution in [2.45, 2.75) is 46.1 Å². The number of nitrogens with zero attached hydrogens (tertiary/aromatic N) is 2. The molecule has 2 saturated carbocycles. The highest BCUT2D eigenvalue weighted by Gasteiger charge is 2.65. The van der Waals surface area contributed by atoms with Crippen molar-refractivity contribution in [3.8, 4) is 0 Å². The van der Waals surface area contributed by atoms with Crippen LogP contribution in [0.1, 0.15) is 39.5 Å². The maximum absolute atomic E-state index is 12.5. The lowest BCUT2D eigenvalue weighted by atomic mass is 9.70. The van der Waals surface area contributed by atoms with E-state index in [-0.39, 0.29) is 17.0 Å². The number of hydrogen-bond donors (Lipinski definition) is 1. The lowest BCUT2D eigenvalue weighted by molar-refractivity contribution is -0.128. The molecule has 128 valence electrons. The van der Waals surface area contributed by atoms with Gasteiger partial charge in [-0.2, -0.15) is 0 Å². The number of nitrogens with one attached hydrogen (secondary N) is 1. The molecule has 0 amide bonds. The smallest absolute Gasteiger partial charge is 0.212 e. The van der Waals surface area contributed by atoms with Crippen LogP contribution < -0.4 is 4.72 Å². The Labute approximate surface area is 137 Å². The molecule has 1 aromatic heterocycles. The van der Waals surface area contributed by atoms with E-state index in [0.717, 1.165) is 13.0 Å². The summed E-state index contributed by atoms with van der Waals surface area (Å²) < 4.78 is 29.5. The van der Waals surface area contributed by atoms with Gasteiger partial charge in [-0.25, -0.2) is 18.1 Å². The predicted octanol–water partition coefficient (Wildman–Crippen LogP) is 1.59. The maximum Gasteiger partial charge on any atom is 0.212 e. The van der Waals surface area contributed by atoms with Crippen molar-refractivity contribution in [1.29, 1.82) is 0 Å². The van der Waals surface area contributed by atoms with Crippen LogP contribution in [0.25, 0.3) is 0 Å². The van der Waals surface area contributed by atoms with Crippen molar-refractivity contribution in [2.75, 3.05) is 12.3 Å². The van der Waals surface area contributed by atoms with Crippen molar-refractivity contribution in [1.82, 2.24) is 14.3 Å². The largest absolute Gasteiger partial charge is 0.337 e. The molecule has 1 N–H and O–H groups in total. The zero-order valence-electron chi connectivity index (χ0n) is 13.8. The fourth-order valence-corrected chi connectivity index (χ4v) is 6.28. The number of sulfonamides is 1. The molecule has 3 rings (SSSR count). The molecule has 6 nitrogen and oxygen atoms in total. The van der Waals surface area contributed by atoms with Gasteiger partial charge in [-0.1, -0.05) is 13.8 Å². The Morgan fingerprint density at radius 2 is 2.22 bits per heavy atom. The summed E-state index contributed by atoms with van der Waals surface area (Å²) in [5.41, 5.74) is -0.899. The van der Waals surface area contributed by atoms with Crippen molar-refractivity contribution in [3.05, 3.63) is 18.7 Å². The van der Waals surface area contributed by atoms with Crippen LogP contribution in [0.2, 0.25) is 0 Å². The molecule has 2 fully saturated rings. The second-order valence-corrected chi connectivity index (χ2v) is 9.28. The first-order chi connectivity index (χ1) is 10.8. The molecule has 2 atom stereocenters. The molecule has 2 aliphatic rings. The van der Waals surface area contributed by atoms with Crippen LogP contribution in [0.15, 0.2) is 18.7 Å². The Bertz CT molecular complexity index is 681. The summed E-state index contributed by atoms with van der Waals surface area (Å²) in [5.74, 6) is 0.418. The average Bonchev–Trinajstić information content (AvgIpc) is 3.10. The molecule has 1 heterocycles. The van der Waals surface area contributed by atoms with E-state index in [2.05, 4.69) is 23.6 Å². The number of aryl methyl sites for hydroxylation is 1. The number of aromatic nitrogens is 2. The first kappa shape index (κ1) is 16.6. The summed E-state index contributed by atoms with van der Waals surface area (Å²) in [6, 6.07) is 0. The van der Waals surface area contributed by atoms with Gasteiger partial charge in [-0.3, -0.25) is 4.79 Å². The van der Waals surface area contributed by atoms with Crippen molar-refractivity contribution in [3.63, 3.8) is 0 Å². The number of imidazole rings is 1. The van der Waals surface area contributed by atoms with E-state index in [9.17, 15) is 13.2 Å². The van der Waals surface area contributed by atoms with Crippen LogP contribution in [-0.2, 0) is 21.4 Å². The van der Waals surface area contributed by atoms with Crippen LogP contribution in [0.4, 0.5) is 0 Å². The molecular formula is C16H25N3O3S. The quantitative estimate of drug-likeness (QED) is 0.765. The SMILES string of the molecule is CC1(C)C2CCC1(CS(=O)(=O)NCCCn1ccnc1)C(=O)C2. The fourth-order valence-electron chi connectivity index (χ4n) is 4.39. The molecule has 23 heavy (non-hydrogen) atoms. The Hall–Kier alpha value is -1.21. The maximum atomic E-state index is 12.5. The van der Waals surface area contributed by atoms with Gasteiger partial charge < -0.3 is 4.57 Å². The van der Waals surface area contributed by atoms with Crippen LogP contribution in [-0.4, -0.2) is 36.0 Å². The third-order valence-electron chi connectivity index (χ3n) is 6.05. The van der Waals surface area contributed by atoms with E-state index >= 15 is 0 Å². The lowest BCUT2D eigenvalue weighted by Gasteiger charge is -2.36. The summed E-state index contributed by atoms with van der Waals surface area (Å²) in [6.07, 6.45) is 8.19. The van der Waals surface area contributed by atoms with E-state index in [1.807, 2.05) is 10.8 Å². The Morgan fingerprint density at radius 1 is 1.43 bits per heavy atom. The molecule has 2 aliphatic carbocycles. The number of fused-ring (bicyclic) bond motifs is 2. The van der Waals surface area contributed by atoms with Gasteiger partial charge in [-0.15, -0.1) is 0 Å². The Morgan fingerprint density at radius 3 is 2.78 bits per heavy atom. The van der Waals surface area contributed by atoms with E-state index in [0.29, 0.717) is 31.7 Å². The Balaban J connectivity index is 1.59. The molecule has 0 spiro atoms. The normalized spacial score (nSPS) is 29.3. The molecular weight excluding hydrogens is 314 g/mol. The van der Waals surface area contributed by atoms with Crippen molar-refractivity contribution >= 4 is 15.8 Å². The summed E-state index contributed by atoms with van der Waals surface area (Å²) in [7, 11) is -3.45. The minimum Gasteiger partial charge on any atom is -0.337 e. The zero-order chi connectivity index (χ0) is 16.7. The monoisotopic (exact) mass is 339 g/mol. The highest BCUT2D eigenvalue weighted by Crippen LogP contribution is 2.64. The van der Waals surface area contributed by atoms with Crippen LogP contribution in [0, 0.1) is 16.7 Å². The standard InChI is InChI=1S/C16H25N3O3S/c1-15(2)13-4-5-16(15,14(20)10-13)11-23(21,22)18-6-3-8-19-9-7-17-12-19/h7,9,12-13,18H,3-6,8,10-11H2,1-2H3. The fraction of sp³-hybridized carbons (Fsp3) is 0.750. The number of carbonyl (C=O) groups excluding carboxylic acids is 1. The third-order valence-corrected chi connectivity index (χ3v) is 7.57. The minimum atomic E-state index is -3.45. The van der Waals surface area contributed by atoms with Gasteiger partial charge in [0.1, 0.15) is 5.78 Å². The number of rotatable bonds is 7. The van der Waals surface area contributed by atoms with Gasteiger partial charge in [0.2, 0.25) is 10.0 Å². The molecule has 2 unspecified atom stereocenters. The number of ketones is 1. The molecule has 0 radical (unpaired) electrons. The summed E-state index contributed by atoms with van der Waals surface area (Å²) in [5, 5.41) is 0. The predicted molar refractivity (Wildman–Crippen MR) is 87.2 cm³/mol. The first-order valence-corrected chi connectivity index (χ1v) is 9.88. The molecule has 1 aromatic rings. The van der Waals surface area contributed by atoms with E-state index < -0.39 is 15.4 Å². The summed E-state index contributed by atoms with van der Waals surface area (Å²) >= 11 is 0. The highest BCUT2D eigenvalue weighted by molar-refractivity contribution is 7.89. The zero-order valence-corrected chi connectivity index (χ0v) is 14.6. The van der Waals surface area contributed by atoms with Crippen molar-refractivity contribution < 1.29 is 13.2 Å². The van der Waals surface area contributed by atoms with Gasteiger partial charge >= 0.3 is 0 Å². The van der Waals surface area contributed by atoms with Crippen molar-refractivity contribution in [2.24, 2.45) is 16.7 Å². The highest BCUT2D eigenvalue weighted by atomic mass is 32.2. The van der Waals surface area contributed by atoms with Gasteiger partial charge in [0.15, 0.2) is 0 Å². The van der Waals surface area contributed by atoms with E-state index in [1.165, 1.54) is 0 Å². The molecule has 2 bridgehead atoms. The summed E-state index contributed by atoms with van der Waals surface area (Å²) in [6.45, 7) is 5.23. The molecule has 0 aromatic carbocycles. The first-order valence-electron chi connectivity index (χ1n) is 8.23. The molecule has 7 heteroatoms. The molecule has 0 aliphatic heterocycles. The van der Waals surface area contributed by atoms with Gasteiger partial charge in [-0.05, 0) is 30.6 Å². The number of carbonyl (C=O) groups is 1. The Kier molecular flexibility index (Phi) is 4.13. The number of hydrogen-bond acceptors (Lipinski definition) is 4. The lowest BCUT2D eigenvalue weighted by Crippen LogP contribution is -2.45. The second-order valence-electron chi connectivity index (χ2n) is 7.47. The van der Waals surface area contributed by atoms with E-state index in [1.54, 1.807) is 12.5 Å². The average molecular weight is 339 g/mol. The molecule has 0 saturated heterocycles. The topological polar surface area (TPSA) is 81.1 Å². The van der Waals surface area contributed by atoms with Gasteiger partial charge in [0.25, 0.3) is 0 Å². The van der Waals surface area contributed by atoms with Crippen LogP contribution in [0.3, 0.4) is 0 Å². The van der Waals surface area contributed by atoms with E-state index in [4.69, 9.17) is 0 Å². The minimum absolute atomic E-state index is 0.0621. The van der Waals surface area contributed by atoms with Crippen LogP contribution >= 0.6 is 0 Å². The number of Topliss-reactive ketones (excluding diaryl/α,β-unsaturated/α-hetero) is 1. The van der Waals surface area contributed by atoms with Gasteiger partial charge in [0, 0.05) is 37.3 Å². The second kappa shape index (κ2) is 5.70. The summed E-state index contributed by atoms with van der Waals surface area (Å²) in [4.78, 5) is 16.4. The van der Waals surface area contributed by atoms with Gasteiger partial charge in [0.05, 0.1) is 12.1 Å².